The van der Waals surface area contributed by atoms with Crippen LogP contribution in [0.15, 0.2) is 60.8 Å². The van der Waals surface area contributed by atoms with Crippen LogP contribution in [0.3, 0.4) is 0 Å². The van der Waals surface area contributed by atoms with E-state index in [0.717, 1.165) is 16.6 Å². The second-order valence-electron chi connectivity index (χ2n) is 4.86. The Hall–Kier alpha value is -2.95. The van der Waals surface area contributed by atoms with Gasteiger partial charge in [-0.2, -0.15) is 0 Å². The van der Waals surface area contributed by atoms with Crippen molar-refractivity contribution >= 4 is 22.8 Å². The van der Waals surface area contributed by atoms with Crippen molar-refractivity contribution in [2.24, 2.45) is 0 Å². The average molecular weight is 292 g/mol. The fraction of sp³-hybridized carbons (Fsp3) is 0.118. The number of hydrogen-bond donors (Lipinski definition) is 2. The summed E-state index contributed by atoms with van der Waals surface area (Å²) in [7, 11) is 0. The molecule has 22 heavy (non-hydrogen) atoms. The second-order valence-corrected chi connectivity index (χ2v) is 4.86. The van der Waals surface area contributed by atoms with Crippen LogP contribution in [0.2, 0.25) is 0 Å². The minimum atomic E-state index is -0.0844. The van der Waals surface area contributed by atoms with Crippen LogP contribution in [0.5, 0.6) is 0 Å². The molecule has 0 saturated carbocycles. The summed E-state index contributed by atoms with van der Waals surface area (Å²) in [6.07, 6.45) is 1.63. The highest BCUT2D eigenvalue weighted by atomic mass is 16.1. The topological polar surface area (TPSA) is 66.9 Å². The van der Waals surface area contributed by atoms with Crippen LogP contribution in [0.25, 0.3) is 11.0 Å². The molecule has 3 rings (SSSR count). The van der Waals surface area contributed by atoms with E-state index < -0.39 is 0 Å². The van der Waals surface area contributed by atoms with E-state index in [0.29, 0.717) is 12.4 Å². The van der Waals surface area contributed by atoms with E-state index in [1.807, 2.05) is 54.6 Å². The van der Waals surface area contributed by atoms with E-state index in [4.69, 9.17) is 0 Å². The van der Waals surface area contributed by atoms with Gasteiger partial charge in [0.1, 0.15) is 5.82 Å². The maximum Gasteiger partial charge on any atom is 0.239 e. The van der Waals surface area contributed by atoms with E-state index in [1.165, 1.54) is 0 Å². The fourth-order valence-corrected chi connectivity index (χ4v) is 2.07. The second kappa shape index (κ2) is 6.67. The Balaban J connectivity index is 1.53. The van der Waals surface area contributed by atoms with Gasteiger partial charge < -0.3 is 10.6 Å². The number of nitrogens with one attached hydrogen (secondary N) is 2. The Morgan fingerprint density at radius 1 is 0.955 bits per heavy atom. The Bertz CT molecular complexity index is 774. The van der Waals surface area contributed by atoms with Crippen LogP contribution in [0.1, 0.15) is 5.56 Å². The molecule has 0 spiro atoms. The van der Waals surface area contributed by atoms with Gasteiger partial charge in [0, 0.05) is 6.54 Å². The van der Waals surface area contributed by atoms with Gasteiger partial charge in [0.05, 0.1) is 23.8 Å². The lowest BCUT2D eigenvalue weighted by molar-refractivity contribution is -0.119. The number of fused-ring (bicyclic) bond motifs is 1. The van der Waals surface area contributed by atoms with Gasteiger partial charge in [0.2, 0.25) is 5.91 Å². The van der Waals surface area contributed by atoms with Crippen molar-refractivity contribution in [2.75, 3.05) is 11.9 Å². The highest BCUT2D eigenvalue weighted by Gasteiger charge is 2.03. The Labute approximate surface area is 128 Å². The van der Waals surface area contributed by atoms with Crippen LogP contribution >= 0.6 is 0 Å². The van der Waals surface area contributed by atoms with Gasteiger partial charge in [0.15, 0.2) is 0 Å². The summed E-state index contributed by atoms with van der Waals surface area (Å²) in [5.74, 6) is 0.507. The zero-order valence-corrected chi connectivity index (χ0v) is 12.0. The summed E-state index contributed by atoms with van der Waals surface area (Å²) in [5.41, 5.74) is 2.71. The molecule has 0 unspecified atom stereocenters. The smallest absolute Gasteiger partial charge is 0.239 e. The van der Waals surface area contributed by atoms with Gasteiger partial charge in [-0.1, -0.05) is 42.5 Å². The number of rotatable bonds is 5. The molecule has 2 N–H and O–H groups in total. The number of carbonyl (C=O) groups is 1. The van der Waals surface area contributed by atoms with E-state index in [9.17, 15) is 4.79 Å². The highest BCUT2D eigenvalue weighted by molar-refractivity contribution is 5.81. The number of aromatic nitrogens is 2. The third kappa shape index (κ3) is 3.58. The molecule has 0 atom stereocenters. The van der Waals surface area contributed by atoms with Crippen molar-refractivity contribution in [3.05, 3.63) is 66.4 Å². The Morgan fingerprint density at radius 3 is 2.50 bits per heavy atom. The average Bonchev–Trinajstić information content (AvgIpc) is 2.59. The number of carbonyl (C=O) groups excluding carboxylic acids is 1. The number of anilines is 1. The van der Waals surface area contributed by atoms with Crippen LogP contribution in [-0.2, 0) is 11.3 Å². The maximum atomic E-state index is 11.8. The van der Waals surface area contributed by atoms with E-state index in [2.05, 4.69) is 20.6 Å². The first-order valence-electron chi connectivity index (χ1n) is 7.07. The van der Waals surface area contributed by atoms with Crippen molar-refractivity contribution in [1.82, 2.24) is 15.3 Å². The third-order valence-corrected chi connectivity index (χ3v) is 3.21. The first-order valence-corrected chi connectivity index (χ1v) is 7.07. The van der Waals surface area contributed by atoms with Gasteiger partial charge in [-0.15, -0.1) is 0 Å². The Kier molecular flexibility index (Phi) is 4.25. The van der Waals surface area contributed by atoms with Crippen molar-refractivity contribution in [1.29, 1.82) is 0 Å². The van der Waals surface area contributed by atoms with Gasteiger partial charge in [-0.05, 0) is 17.7 Å². The number of benzene rings is 2. The lowest BCUT2D eigenvalue weighted by Crippen LogP contribution is -2.29. The molecule has 0 aliphatic rings. The molecule has 0 radical (unpaired) electrons. The number of hydrogen-bond acceptors (Lipinski definition) is 4. The van der Waals surface area contributed by atoms with Gasteiger partial charge in [0.25, 0.3) is 0 Å². The van der Waals surface area contributed by atoms with Crippen LogP contribution in [0.4, 0.5) is 5.82 Å². The van der Waals surface area contributed by atoms with Crippen LogP contribution in [-0.4, -0.2) is 22.4 Å². The lowest BCUT2D eigenvalue weighted by atomic mass is 10.2. The SMILES string of the molecule is O=C(CNc1cnc2ccccc2n1)NCc1ccccc1. The lowest BCUT2D eigenvalue weighted by Gasteiger charge is -2.07. The van der Waals surface area contributed by atoms with Gasteiger partial charge >= 0.3 is 0 Å². The highest BCUT2D eigenvalue weighted by Crippen LogP contribution is 2.10. The van der Waals surface area contributed by atoms with E-state index >= 15 is 0 Å². The quantitative estimate of drug-likeness (QED) is 0.757. The minimum absolute atomic E-state index is 0.0844. The van der Waals surface area contributed by atoms with Crippen molar-refractivity contribution in [2.45, 2.75) is 6.54 Å². The fourth-order valence-electron chi connectivity index (χ4n) is 2.07. The summed E-state index contributed by atoms with van der Waals surface area (Å²) in [5, 5.41) is 5.84. The summed E-state index contributed by atoms with van der Waals surface area (Å²) in [6.45, 7) is 0.685. The minimum Gasteiger partial charge on any atom is -0.360 e. The summed E-state index contributed by atoms with van der Waals surface area (Å²) in [4.78, 5) is 20.5. The number of amides is 1. The third-order valence-electron chi connectivity index (χ3n) is 3.21. The monoisotopic (exact) mass is 292 g/mol. The molecule has 0 bridgehead atoms. The van der Waals surface area contributed by atoms with E-state index in [1.54, 1.807) is 6.20 Å². The molecule has 2 aromatic carbocycles. The molecule has 1 heterocycles. The largest absolute Gasteiger partial charge is 0.360 e. The maximum absolute atomic E-state index is 11.8. The molecule has 110 valence electrons. The van der Waals surface area contributed by atoms with Crippen LogP contribution in [0, 0.1) is 0 Å². The molecule has 1 aromatic heterocycles. The summed E-state index contributed by atoms with van der Waals surface area (Å²) >= 11 is 0. The van der Waals surface area contributed by atoms with Crippen molar-refractivity contribution in [3.8, 4) is 0 Å². The molecule has 1 amide bonds. The first-order chi connectivity index (χ1) is 10.8. The standard InChI is InChI=1S/C17H16N4O/c22-17(20-10-13-6-2-1-3-7-13)12-19-16-11-18-14-8-4-5-9-15(14)21-16/h1-9,11H,10,12H2,(H,19,21)(H,20,22). The van der Waals surface area contributed by atoms with Gasteiger partial charge in [-0.3, -0.25) is 9.78 Å². The van der Waals surface area contributed by atoms with Gasteiger partial charge in [-0.25, -0.2) is 4.98 Å². The molecule has 0 aliphatic heterocycles. The molecule has 0 fully saturated rings. The molecular weight excluding hydrogens is 276 g/mol. The summed E-state index contributed by atoms with van der Waals surface area (Å²) in [6, 6.07) is 17.4. The normalized spacial score (nSPS) is 10.4. The molecule has 3 aromatic rings. The van der Waals surface area contributed by atoms with Crippen molar-refractivity contribution in [3.63, 3.8) is 0 Å². The predicted octanol–water partition coefficient (Wildman–Crippen LogP) is 2.36. The van der Waals surface area contributed by atoms with Crippen LogP contribution < -0.4 is 10.6 Å². The molecule has 5 heteroatoms. The Morgan fingerprint density at radius 2 is 1.68 bits per heavy atom. The predicted molar refractivity (Wildman–Crippen MR) is 86.3 cm³/mol. The van der Waals surface area contributed by atoms with E-state index in [-0.39, 0.29) is 12.5 Å². The first kappa shape index (κ1) is 14.0. The molecular formula is C17H16N4O. The number of para-hydroxylation sites is 2. The molecule has 0 saturated heterocycles. The zero-order valence-electron chi connectivity index (χ0n) is 12.0. The molecule has 5 nitrogen and oxygen atoms in total. The summed E-state index contributed by atoms with van der Waals surface area (Å²) < 4.78 is 0. The number of nitrogens with zero attached hydrogens (tertiary/aromatic N) is 2. The molecule has 0 aliphatic carbocycles. The zero-order chi connectivity index (χ0) is 15.2. The van der Waals surface area contributed by atoms with Crippen molar-refractivity contribution < 1.29 is 4.79 Å².